The number of nitrogens with one attached hydrogen (secondary N) is 1. The molecule has 20 heavy (non-hydrogen) atoms. The number of para-hydroxylation sites is 1. The minimum absolute atomic E-state index is 0.249. The number of likely N-dealkylation sites (tertiary alicyclic amines) is 1. The van der Waals surface area contributed by atoms with Crippen LogP contribution < -0.4 is 5.32 Å². The van der Waals surface area contributed by atoms with E-state index in [4.69, 9.17) is 4.74 Å². The molecule has 2 rings (SSSR count). The first-order valence-electron chi connectivity index (χ1n) is 7.49. The van der Waals surface area contributed by atoms with Crippen LogP contribution in [0.25, 0.3) is 0 Å². The van der Waals surface area contributed by atoms with Crippen LogP contribution in [-0.4, -0.2) is 43.2 Å². The van der Waals surface area contributed by atoms with Crippen molar-refractivity contribution in [2.75, 3.05) is 31.6 Å². The van der Waals surface area contributed by atoms with Gasteiger partial charge in [0.05, 0.1) is 12.2 Å². The molecule has 1 aromatic carbocycles. The number of rotatable bonds is 5. The van der Waals surface area contributed by atoms with E-state index in [-0.39, 0.29) is 5.97 Å². The van der Waals surface area contributed by atoms with Crippen molar-refractivity contribution in [2.45, 2.75) is 32.7 Å². The molecule has 1 fully saturated rings. The Morgan fingerprint density at radius 3 is 2.65 bits per heavy atom. The van der Waals surface area contributed by atoms with Crippen molar-refractivity contribution in [3.05, 3.63) is 29.8 Å². The fourth-order valence-electron chi connectivity index (χ4n) is 2.61. The Morgan fingerprint density at radius 1 is 1.30 bits per heavy atom. The molecule has 1 aliphatic heterocycles. The van der Waals surface area contributed by atoms with E-state index in [2.05, 4.69) is 17.1 Å². The molecule has 0 radical (unpaired) electrons. The minimum atomic E-state index is -0.249. The van der Waals surface area contributed by atoms with E-state index >= 15 is 0 Å². The SMILES string of the molecule is CCOC(=O)c1ccccc1NC1CCN(CC)CC1. The lowest BCUT2D eigenvalue weighted by molar-refractivity contribution is 0.0527. The summed E-state index contributed by atoms with van der Waals surface area (Å²) in [6, 6.07) is 8.04. The van der Waals surface area contributed by atoms with Gasteiger partial charge in [0.15, 0.2) is 0 Å². The number of hydrogen-bond donors (Lipinski definition) is 1. The van der Waals surface area contributed by atoms with Crippen LogP contribution in [0.5, 0.6) is 0 Å². The van der Waals surface area contributed by atoms with Gasteiger partial charge in [-0.05, 0) is 38.4 Å². The van der Waals surface area contributed by atoms with Crippen molar-refractivity contribution >= 4 is 11.7 Å². The highest BCUT2D eigenvalue weighted by molar-refractivity contribution is 5.95. The summed E-state index contributed by atoms with van der Waals surface area (Å²) in [5, 5.41) is 3.51. The molecule has 1 heterocycles. The van der Waals surface area contributed by atoms with Crippen molar-refractivity contribution in [1.29, 1.82) is 0 Å². The van der Waals surface area contributed by atoms with E-state index in [1.165, 1.54) is 0 Å². The van der Waals surface area contributed by atoms with Crippen LogP contribution in [0.3, 0.4) is 0 Å². The summed E-state index contributed by atoms with van der Waals surface area (Å²) < 4.78 is 5.11. The highest BCUT2D eigenvalue weighted by Gasteiger charge is 2.20. The van der Waals surface area contributed by atoms with Crippen LogP contribution in [0, 0.1) is 0 Å². The van der Waals surface area contributed by atoms with E-state index in [0.717, 1.165) is 38.2 Å². The normalized spacial score (nSPS) is 16.9. The van der Waals surface area contributed by atoms with E-state index in [9.17, 15) is 4.79 Å². The van der Waals surface area contributed by atoms with Gasteiger partial charge in [0.2, 0.25) is 0 Å². The van der Waals surface area contributed by atoms with Crippen molar-refractivity contribution in [1.82, 2.24) is 4.90 Å². The number of anilines is 1. The molecule has 0 saturated carbocycles. The first-order chi connectivity index (χ1) is 9.74. The topological polar surface area (TPSA) is 41.6 Å². The second-order valence-electron chi connectivity index (χ2n) is 5.12. The molecule has 1 saturated heterocycles. The van der Waals surface area contributed by atoms with Gasteiger partial charge in [-0.1, -0.05) is 19.1 Å². The lowest BCUT2D eigenvalue weighted by Crippen LogP contribution is -2.39. The van der Waals surface area contributed by atoms with Crippen LogP contribution in [-0.2, 0) is 4.74 Å². The molecular formula is C16H24N2O2. The summed E-state index contributed by atoms with van der Waals surface area (Å²) in [5.41, 5.74) is 1.52. The number of ether oxygens (including phenoxy) is 1. The molecule has 1 N–H and O–H groups in total. The van der Waals surface area contributed by atoms with Gasteiger partial charge in [0, 0.05) is 24.8 Å². The van der Waals surface area contributed by atoms with Crippen molar-refractivity contribution < 1.29 is 9.53 Å². The number of hydrogen-bond acceptors (Lipinski definition) is 4. The molecule has 0 amide bonds. The summed E-state index contributed by atoms with van der Waals surface area (Å²) in [6.45, 7) is 7.79. The van der Waals surface area contributed by atoms with E-state index in [0.29, 0.717) is 18.2 Å². The highest BCUT2D eigenvalue weighted by atomic mass is 16.5. The predicted octanol–water partition coefficient (Wildman–Crippen LogP) is 2.76. The van der Waals surface area contributed by atoms with Gasteiger partial charge in [-0.15, -0.1) is 0 Å². The average Bonchev–Trinajstić information content (AvgIpc) is 2.49. The average molecular weight is 276 g/mol. The monoisotopic (exact) mass is 276 g/mol. The summed E-state index contributed by atoms with van der Waals surface area (Å²) in [6.07, 6.45) is 2.23. The quantitative estimate of drug-likeness (QED) is 0.840. The zero-order chi connectivity index (χ0) is 14.4. The van der Waals surface area contributed by atoms with Gasteiger partial charge in [0.1, 0.15) is 0 Å². The first kappa shape index (κ1) is 14.9. The Kier molecular flexibility index (Phi) is 5.41. The van der Waals surface area contributed by atoms with Gasteiger partial charge < -0.3 is 15.0 Å². The van der Waals surface area contributed by atoms with Gasteiger partial charge >= 0.3 is 5.97 Å². The Bertz CT molecular complexity index is 440. The molecule has 110 valence electrons. The third kappa shape index (κ3) is 3.73. The number of benzene rings is 1. The van der Waals surface area contributed by atoms with Crippen LogP contribution >= 0.6 is 0 Å². The summed E-state index contributed by atoms with van der Waals surface area (Å²) in [5.74, 6) is -0.249. The van der Waals surface area contributed by atoms with Gasteiger partial charge in [-0.2, -0.15) is 0 Å². The van der Waals surface area contributed by atoms with E-state index in [1.54, 1.807) is 0 Å². The Labute approximate surface area is 121 Å². The van der Waals surface area contributed by atoms with Crippen LogP contribution in [0.15, 0.2) is 24.3 Å². The predicted molar refractivity (Wildman–Crippen MR) is 81.2 cm³/mol. The van der Waals surface area contributed by atoms with Gasteiger partial charge in [0.25, 0.3) is 0 Å². The number of nitrogens with zero attached hydrogens (tertiary/aromatic N) is 1. The summed E-state index contributed by atoms with van der Waals surface area (Å²) in [7, 11) is 0. The smallest absolute Gasteiger partial charge is 0.340 e. The number of carbonyl (C=O) groups is 1. The maximum absolute atomic E-state index is 11.9. The van der Waals surface area contributed by atoms with Crippen LogP contribution in [0.2, 0.25) is 0 Å². The Morgan fingerprint density at radius 2 is 2.00 bits per heavy atom. The first-order valence-corrected chi connectivity index (χ1v) is 7.49. The third-order valence-corrected chi connectivity index (χ3v) is 3.82. The molecule has 0 unspecified atom stereocenters. The zero-order valence-electron chi connectivity index (χ0n) is 12.4. The molecule has 0 aliphatic carbocycles. The fourth-order valence-corrected chi connectivity index (χ4v) is 2.61. The zero-order valence-corrected chi connectivity index (χ0v) is 12.4. The molecule has 1 aliphatic rings. The number of carbonyl (C=O) groups excluding carboxylic acids is 1. The molecule has 4 nitrogen and oxygen atoms in total. The molecule has 4 heteroatoms. The minimum Gasteiger partial charge on any atom is -0.462 e. The van der Waals surface area contributed by atoms with Gasteiger partial charge in [-0.3, -0.25) is 0 Å². The molecule has 0 spiro atoms. The molecule has 1 aromatic rings. The molecule has 0 bridgehead atoms. The maximum Gasteiger partial charge on any atom is 0.340 e. The third-order valence-electron chi connectivity index (χ3n) is 3.82. The number of piperidine rings is 1. The van der Waals surface area contributed by atoms with E-state index in [1.807, 2.05) is 31.2 Å². The van der Waals surface area contributed by atoms with Crippen LogP contribution in [0.4, 0.5) is 5.69 Å². The fraction of sp³-hybridized carbons (Fsp3) is 0.562. The summed E-state index contributed by atoms with van der Waals surface area (Å²) >= 11 is 0. The number of esters is 1. The molecule has 0 aromatic heterocycles. The maximum atomic E-state index is 11.9. The van der Waals surface area contributed by atoms with Crippen molar-refractivity contribution in [3.63, 3.8) is 0 Å². The van der Waals surface area contributed by atoms with Crippen LogP contribution in [0.1, 0.15) is 37.0 Å². The second kappa shape index (κ2) is 7.29. The van der Waals surface area contributed by atoms with Crippen molar-refractivity contribution in [2.24, 2.45) is 0 Å². The molecular weight excluding hydrogens is 252 g/mol. The lowest BCUT2D eigenvalue weighted by Gasteiger charge is -2.32. The largest absolute Gasteiger partial charge is 0.462 e. The standard InChI is InChI=1S/C16H24N2O2/c1-3-18-11-9-13(10-12-18)17-15-8-6-5-7-14(15)16(19)20-4-2/h5-8,13,17H,3-4,9-12H2,1-2H3. The second-order valence-corrected chi connectivity index (χ2v) is 5.12. The highest BCUT2D eigenvalue weighted by Crippen LogP contribution is 2.21. The Balaban J connectivity index is 2.01. The Hall–Kier alpha value is -1.55. The summed E-state index contributed by atoms with van der Waals surface area (Å²) in [4.78, 5) is 14.4. The van der Waals surface area contributed by atoms with E-state index < -0.39 is 0 Å². The molecule has 0 atom stereocenters. The lowest BCUT2D eigenvalue weighted by atomic mass is 10.0. The van der Waals surface area contributed by atoms with Crippen molar-refractivity contribution in [3.8, 4) is 0 Å². The van der Waals surface area contributed by atoms with Gasteiger partial charge in [-0.25, -0.2) is 4.79 Å².